The fraction of sp³-hybridized carbons (Fsp3) is 0.455. The van der Waals surface area contributed by atoms with Crippen molar-refractivity contribution < 1.29 is 42.1 Å². The average Bonchev–Trinajstić information content (AvgIpc) is 2.93. The molecule has 5 heteroatoms. The van der Waals surface area contributed by atoms with Crippen LogP contribution in [0.3, 0.4) is 0 Å². The second-order valence-corrected chi connectivity index (χ2v) is 16.8. The molecular weight excluding hydrogens is 640 g/mol. The van der Waals surface area contributed by atoms with E-state index < -0.39 is 0 Å². The second-order valence-electron chi connectivity index (χ2n) is 16.8. The van der Waals surface area contributed by atoms with Crippen molar-refractivity contribution in [3.8, 4) is 23.0 Å². The van der Waals surface area contributed by atoms with Gasteiger partial charge in [0.25, 0.3) is 0 Å². The van der Waals surface area contributed by atoms with Gasteiger partial charge >= 0.3 is 21.7 Å². The number of rotatable bonds is 0. The molecule has 4 rings (SSSR count). The van der Waals surface area contributed by atoms with Crippen LogP contribution in [0.2, 0.25) is 0 Å². The summed E-state index contributed by atoms with van der Waals surface area (Å²) in [6.07, 6.45) is 0. The first kappa shape index (κ1) is 45.8. The van der Waals surface area contributed by atoms with E-state index in [9.17, 15) is 20.4 Å². The van der Waals surface area contributed by atoms with Gasteiger partial charge in [0, 0.05) is 0 Å². The summed E-state index contributed by atoms with van der Waals surface area (Å²) in [5.74, 6) is 0.741. The third-order valence-electron chi connectivity index (χ3n) is 8.08. The minimum Gasteiger partial charge on any atom is -0.872 e. The minimum absolute atomic E-state index is 0. The molecule has 264 valence electrons. The van der Waals surface area contributed by atoms with Crippen molar-refractivity contribution in [3.05, 3.63) is 117 Å². The Morgan fingerprint density at radius 3 is 0.551 bits per heavy atom. The summed E-state index contributed by atoms with van der Waals surface area (Å²) in [6.45, 7) is 32.1. The van der Waals surface area contributed by atoms with Gasteiger partial charge in [0.1, 0.15) is 0 Å². The topological polar surface area (TPSA) is 92.2 Å². The molecule has 0 fully saturated rings. The van der Waals surface area contributed by atoms with E-state index in [0.717, 1.165) is 44.5 Å². The Kier molecular flexibility index (Phi) is 17.0. The van der Waals surface area contributed by atoms with Crippen LogP contribution in [0.5, 0.6) is 23.0 Å². The third kappa shape index (κ3) is 13.9. The monoisotopic (exact) mass is 700 g/mol. The van der Waals surface area contributed by atoms with Crippen molar-refractivity contribution in [2.45, 2.75) is 132 Å². The molecule has 0 saturated heterocycles. The van der Waals surface area contributed by atoms with Gasteiger partial charge in [-0.1, -0.05) is 200 Å². The van der Waals surface area contributed by atoms with Crippen LogP contribution in [0.15, 0.2) is 72.8 Å². The molecule has 0 bridgehead atoms. The molecule has 0 heterocycles. The number of hydrogen-bond donors (Lipinski definition) is 0. The normalized spacial score (nSPS) is 11.4. The predicted octanol–water partition coefficient (Wildman–Crippen LogP) is 9.46. The van der Waals surface area contributed by atoms with Gasteiger partial charge in [-0.25, -0.2) is 0 Å². The van der Waals surface area contributed by atoms with Gasteiger partial charge in [0.05, 0.1) is 0 Å². The van der Waals surface area contributed by atoms with Gasteiger partial charge in [-0.05, 0) is 49.4 Å². The quantitative estimate of drug-likeness (QED) is 0.171. The van der Waals surface area contributed by atoms with Crippen LogP contribution in [0.1, 0.15) is 128 Å². The maximum atomic E-state index is 11.6. The van der Waals surface area contributed by atoms with E-state index in [0.29, 0.717) is 0 Å². The average molecular weight is 701 g/mol. The van der Waals surface area contributed by atoms with Crippen molar-refractivity contribution >= 4 is 0 Å². The van der Waals surface area contributed by atoms with Crippen LogP contribution >= 0.6 is 0 Å². The molecule has 0 saturated carbocycles. The molecular formula is C44H60O4Ti. The standard InChI is InChI=1S/4C11H16O.Ti/c4*1-8-6-5-7-9(10(8)12)11(2,3)4;/h4*5-7,12H,1-4H3;/q;;;;+4/p-4. The Morgan fingerprint density at radius 2 is 0.449 bits per heavy atom. The van der Waals surface area contributed by atoms with E-state index in [1.54, 1.807) is 0 Å². The van der Waals surface area contributed by atoms with E-state index in [1.807, 2.05) is 100 Å². The Morgan fingerprint density at radius 1 is 0.306 bits per heavy atom. The zero-order chi connectivity index (χ0) is 37.4. The summed E-state index contributed by atoms with van der Waals surface area (Å²) in [6, 6.07) is 22.9. The van der Waals surface area contributed by atoms with Gasteiger partial charge < -0.3 is 20.4 Å². The molecule has 0 spiro atoms. The Hall–Kier alpha value is -3.21. The van der Waals surface area contributed by atoms with Gasteiger partial charge in [-0.3, -0.25) is 0 Å². The first-order valence-corrected chi connectivity index (χ1v) is 16.8. The molecule has 4 nitrogen and oxygen atoms in total. The van der Waals surface area contributed by atoms with E-state index in [4.69, 9.17) is 0 Å². The molecule has 0 aliphatic heterocycles. The smallest absolute Gasteiger partial charge is 0.872 e. The summed E-state index contributed by atoms with van der Waals surface area (Å²) in [4.78, 5) is 0. The molecule has 49 heavy (non-hydrogen) atoms. The molecule has 0 radical (unpaired) electrons. The molecule has 0 aliphatic rings. The maximum absolute atomic E-state index is 11.6. The Balaban J connectivity index is 0.000000623. The van der Waals surface area contributed by atoms with Crippen molar-refractivity contribution in [1.29, 1.82) is 0 Å². The number of aryl methyl sites for hydroxylation is 4. The Labute approximate surface area is 313 Å². The van der Waals surface area contributed by atoms with E-state index in [-0.39, 0.29) is 66.4 Å². The van der Waals surface area contributed by atoms with Gasteiger partial charge in [0.15, 0.2) is 0 Å². The summed E-state index contributed by atoms with van der Waals surface area (Å²) in [7, 11) is 0. The van der Waals surface area contributed by atoms with Crippen LogP contribution in [-0.2, 0) is 43.4 Å². The van der Waals surface area contributed by atoms with Crippen LogP contribution in [0.25, 0.3) is 0 Å². The van der Waals surface area contributed by atoms with Crippen molar-refractivity contribution in [1.82, 2.24) is 0 Å². The first-order chi connectivity index (χ1) is 21.7. The summed E-state index contributed by atoms with van der Waals surface area (Å²) < 4.78 is 0. The maximum Gasteiger partial charge on any atom is 4.00 e. The predicted molar refractivity (Wildman–Crippen MR) is 197 cm³/mol. The van der Waals surface area contributed by atoms with E-state index in [1.165, 1.54) is 0 Å². The largest absolute Gasteiger partial charge is 4.00 e. The molecule has 0 amide bonds. The molecule has 4 aromatic rings. The molecule has 0 atom stereocenters. The third-order valence-corrected chi connectivity index (χ3v) is 8.08. The summed E-state index contributed by atoms with van der Waals surface area (Å²) in [5.41, 5.74) is 6.81. The molecule has 0 unspecified atom stereocenters. The van der Waals surface area contributed by atoms with Gasteiger partial charge in [-0.15, -0.1) is 23.0 Å². The molecule has 0 N–H and O–H groups in total. The van der Waals surface area contributed by atoms with E-state index in [2.05, 4.69) is 83.1 Å². The summed E-state index contributed by atoms with van der Waals surface area (Å²) in [5, 5.41) is 46.5. The fourth-order valence-corrected chi connectivity index (χ4v) is 4.97. The molecule has 0 aromatic heterocycles. The van der Waals surface area contributed by atoms with E-state index >= 15 is 0 Å². The number of para-hydroxylation sites is 4. The van der Waals surface area contributed by atoms with Gasteiger partial charge in [-0.2, -0.15) is 0 Å². The minimum atomic E-state index is -0.0386. The van der Waals surface area contributed by atoms with Crippen molar-refractivity contribution in [3.63, 3.8) is 0 Å². The molecule has 0 aliphatic carbocycles. The zero-order valence-corrected chi connectivity index (χ0v) is 34.6. The second kappa shape index (κ2) is 18.2. The first-order valence-electron chi connectivity index (χ1n) is 16.8. The van der Waals surface area contributed by atoms with Crippen molar-refractivity contribution in [2.75, 3.05) is 0 Å². The zero-order valence-electron chi connectivity index (χ0n) is 33.1. The van der Waals surface area contributed by atoms with Crippen LogP contribution < -0.4 is 20.4 Å². The van der Waals surface area contributed by atoms with Crippen LogP contribution in [0, 0.1) is 27.7 Å². The SMILES string of the molecule is Cc1cccc(C(C)(C)C)c1[O-].Cc1cccc(C(C)(C)C)c1[O-].Cc1cccc(C(C)(C)C)c1[O-].Cc1cccc(C(C)(C)C)c1[O-].[Ti+4]. The van der Waals surface area contributed by atoms with Gasteiger partial charge in [0.2, 0.25) is 0 Å². The van der Waals surface area contributed by atoms with Crippen molar-refractivity contribution in [2.24, 2.45) is 0 Å². The number of hydrogen-bond acceptors (Lipinski definition) is 4. The summed E-state index contributed by atoms with van der Waals surface area (Å²) >= 11 is 0. The number of benzene rings is 4. The Bertz CT molecular complexity index is 1380. The molecule has 4 aromatic carbocycles. The van der Waals surface area contributed by atoms with Crippen LogP contribution in [-0.4, -0.2) is 0 Å². The fourth-order valence-electron chi connectivity index (χ4n) is 4.97. The van der Waals surface area contributed by atoms with Crippen LogP contribution in [0.4, 0.5) is 0 Å².